The summed E-state index contributed by atoms with van der Waals surface area (Å²) in [5.74, 6) is -0.0466. The third-order valence-corrected chi connectivity index (χ3v) is 5.49. The van der Waals surface area contributed by atoms with Gasteiger partial charge in [0.05, 0.1) is 23.7 Å². The topological polar surface area (TPSA) is 66.8 Å². The number of hydrogen-bond donors (Lipinski definition) is 0. The Morgan fingerprint density at radius 1 is 1.12 bits per heavy atom. The van der Waals surface area contributed by atoms with E-state index in [4.69, 9.17) is 25.8 Å². The number of nitrogens with zero attached hydrogens (tertiary/aromatic N) is 1. The Hall–Kier alpha value is -3.25. The molecule has 3 aromatic rings. The van der Waals surface area contributed by atoms with E-state index < -0.39 is 17.7 Å². The number of benzene rings is 2. The predicted octanol–water partition coefficient (Wildman–Crippen LogP) is 6.05. The first-order valence-corrected chi connectivity index (χ1v) is 10.6. The number of methoxy groups -OCH3 is 1. The fourth-order valence-electron chi connectivity index (χ4n) is 3.93. The van der Waals surface area contributed by atoms with Gasteiger partial charge in [-0.1, -0.05) is 48.0 Å². The molecule has 0 radical (unpaired) electrons. The average molecular weight is 454 g/mol. The summed E-state index contributed by atoms with van der Waals surface area (Å²) in [5, 5.41) is 1.23. The second-order valence-corrected chi connectivity index (χ2v) is 8.98. The Balaban J connectivity index is 2.01. The largest absolute Gasteiger partial charge is 0.466 e. The Bertz CT molecular complexity index is 1220. The lowest BCUT2D eigenvalue weighted by Gasteiger charge is -2.27. The quantitative estimate of drug-likeness (QED) is 0.349. The third kappa shape index (κ3) is 4.10. The Kier molecular flexibility index (Phi) is 5.73. The highest BCUT2D eigenvalue weighted by Crippen LogP contribution is 2.49. The van der Waals surface area contributed by atoms with Crippen LogP contribution in [0.3, 0.4) is 0 Å². The number of aromatic nitrogens is 1. The van der Waals surface area contributed by atoms with Crippen LogP contribution in [0.4, 0.5) is 4.79 Å². The Labute approximate surface area is 191 Å². The van der Waals surface area contributed by atoms with E-state index in [9.17, 15) is 9.59 Å². The first-order valence-electron chi connectivity index (χ1n) is 10.3. The Morgan fingerprint density at radius 3 is 2.50 bits per heavy atom. The van der Waals surface area contributed by atoms with Gasteiger partial charge in [-0.3, -0.25) is 0 Å². The normalized spacial score (nSPS) is 17.0. The lowest BCUT2D eigenvalue weighted by Crippen LogP contribution is -2.28. The van der Waals surface area contributed by atoms with E-state index in [1.807, 2.05) is 30.3 Å². The third-order valence-electron chi connectivity index (χ3n) is 5.17. The van der Waals surface area contributed by atoms with Crippen LogP contribution < -0.4 is 4.74 Å². The molecule has 1 unspecified atom stereocenters. The van der Waals surface area contributed by atoms with Gasteiger partial charge < -0.3 is 14.2 Å². The van der Waals surface area contributed by atoms with Crippen LogP contribution >= 0.6 is 11.6 Å². The molecule has 0 saturated carbocycles. The zero-order chi connectivity index (χ0) is 23.0. The van der Waals surface area contributed by atoms with E-state index in [-0.39, 0.29) is 11.8 Å². The zero-order valence-corrected chi connectivity index (χ0v) is 19.1. The molecule has 2 aromatic carbocycles. The maximum Gasteiger partial charge on any atom is 0.421 e. The van der Waals surface area contributed by atoms with Crippen molar-refractivity contribution in [2.45, 2.75) is 38.7 Å². The molecule has 0 spiro atoms. The van der Waals surface area contributed by atoms with Crippen LogP contribution in [-0.4, -0.2) is 29.3 Å². The maximum atomic E-state index is 13.3. The molecule has 7 heteroatoms. The summed E-state index contributed by atoms with van der Waals surface area (Å²) in [5.41, 5.74) is 1.66. The Morgan fingerprint density at radius 2 is 1.84 bits per heavy atom. The summed E-state index contributed by atoms with van der Waals surface area (Å²) in [6.45, 7) is 5.39. The summed E-state index contributed by atoms with van der Waals surface area (Å²) in [6, 6.07) is 15.2. The van der Waals surface area contributed by atoms with Crippen LogP contribution in [0.1, 0.15) is 44.2 Å². The van der Waals surface area contributed by atoms with Crippen molar-refractivity contribution in [3.05, 3.63) is 76.5 Å². The molecule has 32 heavy (non-hydrogen) atoms. The van der Waals surface area contributed by atoms with Gasteiger partial charge in [-0.2, -0.15) is 0 Å². The van der Waals surface area contributed by atoms with Gasteiger partial charge in [-0.05, 0) is 38.5 Å². The fourth-order valence-corrected chi connectivity index (χ4v) is 4.20. The van der Waals surface area contributed by atoms with Crippen molar-refractivity contribution >= 4 is 34.6 Å². The predicted molar refractivity (Wildman–Crippen MR) is 122 cm³/mol. The second-order valence-electron chi connectivity index (χ2n) is 8.57. The first-order chi connectivity index (χ1) is 15.2. The smallest absolute Gasteiger partial charge is 0.421 e. The SMILES string of the molecule is COC(=O)/C=C1\CC(c2ccccc2)c2c(n(C(=O)OC(C)(C)C)c3cccc(Cl)c23)O1. The van der Waals surface area contributed by atoms with E-state index in [0.717, 1.165) is 16.5 Å². The van der Waals surface area contributed by atoms with E-state index in [1.165, 1.54) is 17.8 Å². The van der Waals surface area contributed by atoms with E-state index in [0.29, 0.717) is 22.7 Å². The highest BCUT2D eigenvalue weighted by Gasteiger charge is 2.36. The van der Waals surface area contributed by atoms with Crippen molar-refractivity contribution in [2.24, 2.45) is 0 Å². The maximum absolute atomic E-state index is 13.3. The van der Waals surface area contributed by atoms with Gasteiger partial charge in [0.1, 0.15) is 11.4 Å². The van der Waals surface area contributed by atoms with Gasteiger partial charge in [-0.15, -0.1) is 0 Å². The molecule has 0 amide bonds. The number of carbonyl (C=O) groups excluding carboxylic acids is 2. The summed E-state index contributed by atoms with van der Waals surface area (Å²) in [6.07, 6.45) is 1.12. The minimum absolute atomic E-state index is 0.193. The van der Waals surface area contributed by atoms with Crippen molar-refractivity contribution < 1.29 is 23.8 Å². The lowest BCUT2D eigenvalue weighted by atomic mass is 9.86. The van der Waals surface area contributed by atoms with E-state index in [1.54, 1.807) is 39.0 Å². The molecule has 2 heterocycles. The number of esters is 1. The van der Waals surface area contributed by atoms with E-state index >= 15 is 0 Å². The van der Waals surface area contributed by atoms with Crippen molar-refractivity contribution in [1.29, 1.82) is 0 Å². The van der Waals surface area contributed by atoms with Gasteiger partial charge in [-0.25, -0.2) is 14.2 Å². The van der Waals surface area contributed by atoms with E-state index in [2.05, 4.69) is 0 Å². The zero-order valence-electron chi connectivity index (χ0n) is 18.3. The molecule has 0 N–H and O–H groups in total. The molecule has 0 bridgehead atoms. The minimum atomic E-state index is -0.711. The number of ether oxygens (including phenoxy) is 3. The summed E-state index contributed by atoms with van der Waals surface area (Å²) < 4.78 is 18.0. The summed E-state index contributed by atoms with van der Waals surface area (Å²) in [7, 11) is 1.31. The minimum Gasteiger partial charge on any atom is -0.466 e. The molecular formula is C25H24ClNO5. The lowest BCUT2D eigenvalue weighted by molar-refractivity contribution is -0.135. The summed E-state index contributed by atoms with van der Waals surface area (Å²) in [4.78, 5) is 25.2. The molecular weight excluding hydrogens is 430 g/mol. The standard InChI is InChI=1S/C25H24ClNO5/c1-25(2,3)32-24(29)27-19-12-8-11-18(26)22(19)21-17(15-9-6-5-7-10-15)13-16(31-23(21)27)14-20(28)30-4/h5-12,14,17H,13H2,1-4H3/b16-14+. The monoisotopic (exact) mass is 453 g/mol. The van der Waals surface area contributed by atoms with Crippen LogP contribution in [0, 0.1) is 0 Å². The average Bonchev–Trinajstić information content (AvgIpc) is 3.08. The van der Waals surface area contributed by atoms with Crippen LogP contribution in [-0.2, 0) is 14.3 Å². The number of carbonyl (C=O) groups is 2. The molecule has 1 aliphatic heterocycles. The molecule has 0 saturated heterocycles. The molecule has 4 rings (SSSR count). The number of allylic oxidation sites excluding steroid dienone is 1. The van der Waals surface area contributed by atoms with Crippen LogP contribution in [0.2, 0.25) is 5.02 Å². The van der Waals surface area contributed by atoms with Crippen molar-refractivity contribution in [3.63, 3.8) is 0 Å². The molecule has 166 valence electrons. The molecule has 0 fully saturated rings. The molecule has 1 aromatic heterocycles. The fraction of sp³-hybridized carbons (Fsp3) is 0.280. The molecule has 6 nitrogen and oxygen atoms in total. The molecule has 1 aliphatic rings. The van der Waals surface area contributed by atoms with Gasteiger partial charge in [0.15, 0.2) is 0 Å². The van der Waals surface area contributed by atoms with Crippen molar-refractivity contribution in [2.75, 3.05) is 7.11 Å². The van der Waals surface area contributed by atoms with Crippen molar-refractivity contribution in [1.82, 2.24) is 4.57 Å². The highest BCUT2D eigenvalue weighted by molar-refractivity contribution is 6.36. The number of fused-ring (bicyclic) bond motifs is 3. The van der Waals surface area contributed by atoms with Gasteiger partial charge in [0.25, 0.3) is 0 Å². The first kappa shape index (κ1) is 22.0. The number of halogens is 1. The molecule has 1 atom stereocenters. The molecule has 0 aliphatic carbocycles. The van der Waals surface area contributed by atoms with Gasteiger partial charge in [0, 0.05) is 23.3 Å². The van der Waals surface area contributed by atoms with Gasteiger partial charge >= 0.3 is 12.1 Å². The highest BCUT2D eigenvalue weighted by atomic mass is 35.5. The van der Waals surface area contributed by atoms with Crippen LogP contribution in [0.15, 0.2) is 60.4 Å². The number of rotatable bonds is 2. The van der Waals surface area contributed by atoms with Crippen LogP contribution in [0.5, 0.6) is 5.88 Å². The summed E-state index contributed by atoms with van der Waals surface area (Å²) >= 11 is 6.63. The second kappa shape index (κ2) is 8.36. The van der Waals surface area contributed by atoms with Crippen molar-refractivity contribution in [3.8, 4) is 5.88 Å². The van der Waals surface area contributed by atoms with Gasteiger partial charge in [0.2, 0.25) is 5.88 Å². The number of hydrogen-bond acceptors (Lipinski definition) is 5. The van der Waals surface area contributed by atoms with Crippen LogP contribution in [0.25, 0.3) is 10.9 Å².